The van der Waals surface area contributed by atoms with Gasteiger partial charge in [0.2, 0.25) is 0 Å². The Morgan fingerprint density at radius 3 is 2.33 bits per heavy atom. The lowest BCUT2D eigenvalue weighted by Gasteiger charge is -2.38. The van der Waals surface area contributed by atoms with Crippen molar-refractivity contribution in [2.24, 2.45) is 5.11 Å². The van der Waals surface area contributed by atoms with Crippen LogP contribution in [0.15, 0.2) is 5.11 Å². The Balaban J connectivity index is 4.46. The molecule has 5 nitrogen and oxygen atoms in total. The number of hydrogen-bond acceptors (Lipinski definition) is 3. The van der Waals surface area contributed by atoms with Gasteiger partial charge in [0.1, 0.15) is 0 Å². The van der Waals surface area contributed by atoms with Crippen LogP contribution in [0.4, 0.5) is 0 Å². The summed E-state index contributed by atoms with van der Waals surface area (Å²) in [6.45, 7) is 10.7. The molecule has 0 aliphatic carbocycles. The number of aliphatic hydroxyl groups excluding tert-OH is 1. The van der Waals surface area contributed by atoms with Gasteiger partial charge in [-0.05, 0) is 23.7 Å². The first-order chi connectivity index (χ1) is 6.74. The molecule has 0 saturated heterocycles. The average Bonchev–Trinajstić information content (AvgIpc) is 2.10. The lowest BCUT2D eigenvalue weighted by Crippen LogP contribution is -2.45. The standard InChI is InChI=1S/C9H21N3O2Si/c1-9(2,3)15(4,5)14-8(7-13)6-11-12-10/h8,13H,6-7H2,1-5H3. The molecule has 0 heterocycles. The zero-order valence-corrected chi connectivity index (χ0v) is 11.2. The van der Waals surface area contributed by atoms with E-state index in [9.17, 15) is 0 Å². The lowest BCUT2D eigenvalue weighted by atomic mass is 10.2. The van der Waals surface area contributed by atoms with Crippen LogP contribution in [0.5, 0.6) is 0 Å². The molecule has 1 N–H and O–H groups in total. The number of hydrogen-bond donors (Lipinski definition) is 1. The molecule has 0 aromatic carbocycles. The fourth-order valence-electron chi connectivity index (χ4n) is 0.853. The molecule has 0 amide bonds. The van der Waals surface area contributed by atoms with Crippen molar-refractivity contribution in [2.75, 3.05) is 13.2 Å². The molecule has 0 aromatic rings. The topological polar surface area (TPSA) is 78.2 Å². The van der Waals surface area contributed by atoms with Gasteiger partial charge in [0.15, 0.2) is 8.32 Å². The van der Waals surface area contributed by atoms with Crippen molar-refractivity contribution in [3.63, 3.8) is 0 Å². The van der Waals surface area contributed by atoms with E-state index in [1.165, 1.54) is 0 Å². The van der Waals surface area contributed by atoms with E-state index in [1.807, 2.05) is 0 Å². The second-order valence-corrected chi connectivity index (χ2v) is 9.85. The number of rotatable bonds is 5. The molecule has 0 aromatic heterocycles. The summed E-state index contributed by atoms with van der Waals surface area (Å²) in [7, 11) is -1.88. The van der Waals surface area contributed by atoms with Crippen LogP contribution in [-0.2, 0) is 4.43 Å². The zero-order chi connectivity index (χ0) is 12.1. The van der Waals surface area contributed by atoms with Crippen molar-refractivity contribution in [2.45, 2.75) is 45.0 Å². The Bertz CT molecular complexity index is 244. The quantitative estimate of drug-likeness (QED) is 0.342. The summed E-state index contributed by atoms with van der Waals surface area (Å²) in [5.74, 6) is 0. The smallest absolute Gasteiger partial charge is 0.192 e. The summed E-state index contributed by atoms with van der Waals surface area (Å²) in [5, 5.41) is 12.6. The Kier molecular flexibility index (Phi) is 5.31. The van der Waals surface area contributed by atoms with E-state index >= 15 is 0 Å². The molecule has 0 fully saturated rings. The SMILES string of the molecule is CC(C)(C)[Si](C)(C)OC(CO)CN=[N+]=[N-]. The van der Waals surface area contributed by atoms with Gasteiger partial charge in [0.05, 0.1) is 19.3 Å². The molecular weight excluding hydrogens is 210 g/mol. The minimum Gasteiger partial charge on any atom is -0.411 e. The van der Waals surface area contributed by atoms with E-state index in [1.54, 1.807) is 0 Å². The molecule has 6 heteroatoms. The van der Waals surface area contributed by atoms with Gasteiger partial charge < -0.3 is 9.53 Å². The van der Waals surface area contributed by atoms with Crippen molar-refractivity contribution >= 4 is 8.32 Å². The van der Waals surface area contributed by atoms with Gasteiger partial charge in [-0.2, -0.15) is 0 Å². The number of nitrogens with zero attached hydrogens (tertiary/aromatic N) is 3. The van der Waals surface area contributed by atoms with Crippen molar-refractivity contribution in [1.82, 2.24) is 0 Å². The van der Waals surface area contributed by atoms with Crippen molar-refractivity contribution in [1.29, 1.82) is 0 Å². The zero-order valence-electron chi connectivity index (χ0n) is 10.2. The maximum absolute atomic E-state index is 9.10. The van der Waals surface area contributed by atoms with E-state index in [2.05, 4.69) is 43.9 Å². The molecule has 0 spiro atoms. The summed E-state index contributed by atoms with van der Waals surface area (Å²) < 4.78 is 5.88. The monoisotopic (exact) mass is 231 g/mol. The Labute approximate surface area is 92.2 Å². The predicted molar refractivity (Wildman–Crippen MR) is 63.2 cm³/mol. The van der Waals surface area contributed by atoms with Crippen molar-refractivity contribution in [3.05, 3.63) is 10.4 Å². The highest BCUT2D eigenvalue weighted by molar-refractivity contribution is 6.74. The van der Waals surface area contributed by atoms with E-state index in [0.717, 1.165) is 0 Å². The normalized spacial score (nSPS) is 14.5. The fraction of sp³-hybridized carbons (Fsp3) is 1.00. The van der Waals surface area contributed by atoms with Crippen LogP contribution in [0.25, 0.3) is 10.4 Å². The van der Waals surface area contributed by atoms with Gasteiger partial charge in [0.25, 0.3) is 0 Å². The summed E-state index contributed by atoms with van der Waals surface area (Å²) in [4.78, 5) is 2.66. The van der Waals surface area contributed by atoms with E-state index < -0.39 is 8.32 Å². The Hall–Kier alpha value is -0.553. The third-order valence-electron chi connectivity index (χ3n) is 2.82. The Morgan fingerprint density at radius 1 is 1.47 bits per heavy atom. The van der Waals surface area contributed by atoms with Crippen molar-refractivity contribution in [3.8, 4) is 0 Å². The van der Waals surface area contributed by atoms with Crippen LogP contribution >= 0.6 is 0 Å². The summed E-state index contributed by atoms with van der Waals surface area (Å²) in [5.41, 5.74) is 8.20. The van der Waals surface area contributed by atoms with E-state index in [4.69, 9.17) is 15.1 Å². The third-order valence-corrected chi connectivity index (χ3v) is 7.35. The highest BCUT2D eigenvalue weighted by Gasteiger charge is 2.38. The molecule has 0 aliphatic heterocycles. The van der Waals surface area contributed by atoms with Crippen LogP contribution in [0.3, 0.4) is 0 Å². The largest absolute Gasteiger partial charge is 0.411 e. The van der Waals surface area contributed by atoms with E-state index in [0.29, 0.717) is 0 Å². The molecule has 0 saturated carbocycles. The minimum atomic E-state index is -1.88. The van der Waals surface area contributed by atoms with Gasteiger partial charge in [0, 0.05) is 4.91 Å². The second-order valence-electron chi connectivity index (χ2n) is 5.10. The first kappa shape index (κ1) is 14.4. The predicted octanol–water partition coefficient (Wildman–Crippen LogP) is 2.68. The van der Waals surface area contributed by atoms with Gasteiger partial charge in [-0.1, -0.05) is 25.9 Å². The molecule has 0 aliphatic rings. The molecule has 1 atom stereocenters. The second kappa shape index (κ2) is 5.51. The highest BCUT2D eigenvalue weighted by Crippen LogP contribution is 2.37. The molecule has 88 valence electrons. The third kappa shape index (κ3) is 4.66. The summed E-state index contributed by atoms with van der Waals surface area (Å²) in [6.07, 6.45) is -0.373. The lowest BCUT2D eigenvalue weighted by molar-refractivity contribution is 0.109. The molecular formula is C9H21N3O2Si. The van der Waals surface area contributed by atoms with Gasteiger partial charge in [-0.15, -0.1) is 0 Å². The molecule has 0 rings (SSSR count). The fourth-order valence-corrected chi connectivity index (χ4v) is 2.19. The number of azide groups is 1. The minimum absolute atomic E-state index is 0.0940. The molecule has 0 bridgehead atoms. The van der Waals surface area contributed by atoms with Gasteiger partial charge >= 0.3 is 0 Å². The van der Waals surface area contributed by atoms with Gasteiger partial charge in [-0.3, -0.25) is 0 Å². The average molecular weight is 231 g/mol. The summed E-state index contributed by atoms with van der Waals surface area (Å²) in [6, 6.07) is 0. The van der Waals surface area contributed by atoms with Crippen LogP contribution in [0.1, 0.15) is 20.8 Å². The van der Waals surface area contributed by atoms with Crippen LogP contribution in [-0.4, -0.2) is 32.7 Å². The van der Waals surface area contributed by atoms with Gasteiger partial charge in [-0.25, -0.2) is 0 Å². The van der Waals surface area contributed by atoms with Crippen LogP contribution < -0.4 is 0 Å². The van der Waals surface area contributed by atoms with E-state index in [-0.39, 0.29) is 24.3 Å². The Morgan fingerprint density at radius 2 is 2.00 bits per heavy atom. The van der Waals surface area contributed by atoms with Crippen molar-refractivity contribution < 1.29 is 9.53 Å². The maximum Gasteiger partial charge on any atom is 0.192 e. The first-order valence-corrected chi connectivity index (χ1v) is 7.95. The van der Waals surface area contributed by atoms with Crippen LogP contribution in [0.2, 0.25) is 18.1 Å². The molecule has 15 heavy (non-hydrogen) atoms. The molecule has 1 unspecified atom stereocenters. The maximum atomic E-state index is 9.10. The summed E-state index contributed by atoms with van der Waals surface area (Å²) >= 11 is 0. The highest BCUT2D eigenvalue weighted by atomic mass is 28.4. The molecule has 0 radical (unpaired) electrons. The number of aliphatic hydroxyl groups is 1. The van der Waals surface area contributed by atoms with Crippen LogP contribution in [0, 0.1) is 0 Å². The first-order valence-electron chi connectivity index (χ1n) is 5.04.